The fourth-order valence-electron chi connectivity index (χ4n) is 1.78. The first kappa shape index (κ1) is 19.1. The first-order valence-electron chi connectivity index (χ1n) is 7.40. The molecule has 1 aromatic rings. The lowest BCUT2D eigenvalue weighted by atomic mass is 10.2. The van der Waals surface area contributed by atoms with Gasteiger partial charge in [-0.05, 0) is 31.2 Å². The van der Waals surface area contributed by atoms with Crippen LogP contribution in [0.25, 0.3) is 0 Å². The molecular weight excluding hydrogens is 318 g/mol. The monoisotopic (exact) mass is 341 g/mol. The molecule has 0 fully saturated rings. The summed E-state index contributed by atoms with van der Waals surface area (Å²) in [5.74, 6) is 0.854. The molecule has 2 atom stereocenters. The van der Waals surface area contributed by atoms with Crippen molar-refractivity contribution in [2.45, 2.75) is 20.0 Å². The first-order chi connectivity index (χ1) is 11.0. The number of esters is 1. The highest BCUT2D eigenvalue weighted by atomic mass is 35.5. The summed E-state index contributed by atoms with van der Waals surface area (Å²) in [7, 11) is 3.05. The predicted octanol–water partition coefficient (Wildman–Crippen LogP) is 2.08. The average molecular weight is 342 g/mol. The summed E-state index contributed by atoms with van der Waals surface area (Å²) >= 11 is 5.84. The molecule has 0 aliphatic carbocycles. The van der Waals surface area contributed by atoms with E-state index in [1.165, 1.54) is 7.11 Å². The molecule has 0 aliphatic rings. The number of benzene rings is 1. The zero-order valence-corrected chi connectivity index (χ0v) is 14.7. The number of ether oxygens (including phenoxy) is 2. The molecule has 0 aromatic heterocycles. The van der Waals surface area contributed by atoms with Crippen molar-refractivity contribution in [1.82, 2.24) is 10.6 Å². The summed E-state index contributed by atoms with van der Waals surface area (Å²) in [5.41, 5.74) is 0. The van der Waals surface area contributed by atoms with E-state index >= 15 is 0 Å². The van der Waals surface area contributed by atoms with Crippen LogP contribution in [0.5, 0.6) is 5.75 Å². The molecule has 0 saturated heterocycles. The van der Waals surface area contributed by atoms with Crippen LogP contribution in [0.3, 0.4) is 0 Å². The number of aliphatic imine (C=N–C) groups is 1. The van der Waals surface area contributed by atoms with Gasteiger partial charge >= 0.3 is 5.97 Å². The number of carbonyl (C=O) groups excluding carboxylic acids is 1. The van der Waals surface area contributed by atoms with Crippen molar-refractivity contribution >= 4 is 23.5 Å². The van der Waals surface area contributed by atoms with Gasteiger partial charge in [0.25, 0.3) is 0 Å². The molecule has 1 aromatic carbocycles. The molecule has 2 N–H and O–H groups in total. The average Bonchev–Trinajstić information content (AvgIpc) is 2.56. The van der Waals surface area contributed by atoms with Crippen molar-refractivity contribution in [3.8, 4) is 5.75 Å². The number of carbonyl (C=O) groups is 1. The van der Waals surface area contributed by atoms with Gasteiger partial charge in [0.1, 0.15) is 11.9 Å². The Morgan fingerprint density at radius 3 is 2.39 bits per heavy atom. The Bertz CT molecular complexity index is 520. The van der Waals surface area contributed by atoms with Crippen LogP contribution in [0.2, 0.25) is 5.02 Å². The van der Waals surface area contributed by atoms with Crippen molar-refractivity contribution < 1.29 is 14.3 Å². The minimum absolute atomic E-state index is 0.0623. The van der Waals surface area contributed by atoms with Crippen LogP contribution in [0.15, 0.2) is 29.3 Å². The van der Waals surface area contributed by atoms with Gasteiger partial charge in [-0.15, -0.1) is 0 Å². The van der Waals surface area contributed by atoms with Crippen LogP contribution >= 0.6 is 11.6 Å². The van der Waals surface area contributed by atoms with E-state index in [1.807, 2.05) is 19.1 Å². The maximum Gasteiger partial charge on any atom is 0.310 e. The Morgan fingerprint density at radius 1 is 1.22 bits per heavy atom. The molecule has 0 heterocycles. The Labute approximate surface area is 142 Å². The van der Waals surface area contributed by atoms with E-state index in [9.17, 15) is 4.79 Å². The molecule has 1 rings (SSSR count). The summed E-state index contributed by atoms with van der Waals surface area (Å²) in [6, 6.07) is 7.21. The normalized spacial score (nSPS) is 13.9. The molecule has 0 saturated carbocycles. The van der Waals surface area contributed by atoms with Gasteiger partial charge in [-0.2, -0.15) is 0 Å². The largest absolute Gasteiger partial charge is 0.489 e. The van der Waals surface area contributed by atoms with Crippen molar-refractivity contribution in [3.05, 3.63) is 29.3 Å². The molecule has 6 nitrogen and oxygen atoms in total. The number of methoxy groups -OCH3 is 1. The van der Waals surface area contributed by atoms with E-state index in [0.717, 1.165) is 5.75 Å². The summed E-state index contributed by atoms with van der Waals surface area (Å²) in [4.78, 5) is 15.5. The second-order valence-electron chi connectivity index (χ2n) is 5.14. The number of hydrogen-bond donors (Lipinski definition) is 2. The van der Waals surface area contributed by atoms with E-state index in [4.69, 9.17) is 16.3 Å². The smallest absolute Gasteiger partial charge is 0.310 e. The predicted molar refractivity (Wildman–Crippen MR) is 92.1 cm³/mol. The van der Waals surface area contributed by atoms with Crippen molar-refractivity contribution in [3.63, 3.8) is 0 Å². The van der Waals surface area contributed by atoms with Crippen LogP contribution < -0.4 is 15.4 Å². The van der Waals surface area contributed by atoms with Crippen LogP contribution in [0.4, 0.5) is 0 Å². The van der Waals surface area contributed by atoms with Crippen LogP contribution in [0.1, 0.15) is 13.8 Å². The Morgan fingerprint density at radius 2 is 1.83 bits per heavy atom. The van der Waals surface area contributed by atoms with Gasteiger partial charge in [0.15, 0.2) is 5.96 Å². The van der Waals surface area contributed by atoms with Gasteiger partial charge in [-0.3, -0.25) is 9.79 Å². The quantitative estimate of drug-likeness (QED) is 0.451. The molecule has 7 heteroatoms. The van der Waals surface area contributed by atoms with Gasteiger partial charge in [-0.1, -0.05) is 18.5 Å². The maximum atomic E-state index is 11.4. The number of halogens is 1. The molecule has 0 spiro atoms. The maximum absolute atomic E-state index is 11.4. The highest BCUT2D eigenvalue weighted by molar-refractivity contribution is 6.30. The zero-order chi connectivity index (χ0) is 17.2. The molecule has 23 heavy (non-hydrogen) atoms. The fourth-order valence-corrected chi connectivity index (χ4v) is 1.91. The third-order valence-electron chi connectivity index (χ3n) is 3.11. The highest BCUT2D eigenvalue weighted by Crippen LogP contribution is 2.16. The Balaban J connectivity index is 2.36. The minimum atomic E-state index is -0.257. The zero-order valence-electron chi connectivity index (χ0n) is 13.9. The topological polar surface area (TPSA) is 72.0 Å². The van der Waals surface area contributed by atoms with E-state index in [-0.39, 0.29) is 18.0 Å². The van der Waals surface area contributed by atoms with Crippen LogP contribution in [-0.2, 0) is 9.53 Å². The lowest BCUT2D eigenvalue weighted by molar-refractivity contribution is -0.144. The molecule has 2 unspecified atom stereocenters. The van der Waals surface area contributed by atoms with Gasteiger partial charge in [0, 0.05) is 18.6 Å². The second-order valence-corrected chi connectivity index (χ2v) is 5.58. The van der Waals surface area contributed by atoms with E-state index in [0.29, 0.717) is 24.1 Å². The van der Waals surface area contributed by atoms with Gasteiger partial charge in [0.2, 0.25) is 0 Å². The standard InChI is InChI=1S/C16H24ClN3O3/c1-11(15(21)22-4)9-19-16(18-3)20-10-12(2)23-14-7-5-13(17)6-8-14/h5-8,11-12H,9-10H2,1-4H3,(H2,18,19,20). The van der Waals surface area contributed by atoms with Gasteiger partial charge in [-0.25, -0.2) is 0 Å². The van der Waals surface area contributed by atoms with Gasteiger partial charge < -0.3 is 20.1 Å². The lowest BCUT2D eigenvalue weighted by Crippen LogP contribution is -2.44. The Kier molecular flexibility index (Phi) is 8.26. The fraction of sp³-hybridized carbons (Fsp3) is 0.500. The number of hydrogen-bond acceptors (Lipinski definition) is 4. The van der Waals surface area contributed by atoms with Crippen molar-refractivity contribution in [1.29, 1.82) is 0 Å². The Hall–Kier alpha value is -1.95. The second kappa shape index (κ2) is 9.94. The van der Waals surface area contributed by atoms with Crippen LogP contribution in [-0.4, -0.2) is 45.3 Å². The van der Waals surface area contributed by atoms with E-state index < -0.39 is 0 Å². The van der Waals surface area contributed by atoms with Crippen LogP contribution in [0, 0.1) is 5.92 Å². The minimum Gasteiger partial charge on any atom is -0.489 e. The van der Waals surface area contributed by atoms with E-state index in [2.05, 4.69) is 20.4 Å². The third kappa shape index (κ3) is 7.23. The molecule has 0 radical (unpaired) electrons. The number of guanidine groups is 1. The summed E-state index contributed by atoms with van der Waals surface area (Å²) in [5, 5.41) is 6.90. The SMILES string of the molecule is CN=C(NCC(C)Oc1ccc(Cl)cc1)NCC(C)C(=O)OC. The van der Waals surface area contributed by atoms with E-state index in [1.54, 1.807) is 26.1 Å². The third-order valence-corrected chi connectivity index (χ3v) is 3.36. The van der Waals surface area contributed by atoms with Crippen molar-refractivity contribution in [2.75, 3.05) is 27.2 Å². The number of nitrogens with zero attached hydrogens (tertiary/aromatic N) is 1. The highest BCUT2D eigenvalue weighted by Gasteiger charge is 2.13. The molecular formula is C16H24ClN3O3. The summed E-state index contributed by atoms with van der Waals surface area (Å²) in [6.07, 6.45) is -0.0623. The molecule has 128 valence electrons. The number of nitrogens with one attached hydrogen (secondary N) is 2. The molecule has 0 aliphatic heterocycles. The number of rotatable bonds is 7. The van der Waals surface area contributed by atoms with Gasteiger partial charge in [0.05, 0.1) is 19.6 Å². The lowest BCUT2D eigenvalue weighted by Gasteiger charge is -2.18. The molecule has 0 bridgehead atoms. The molecule has 0 amide bonds. The summed E-state index contributed by atoms with van der Waals surface area (Å²) in [6.45, 7) is 4.75. The summed E-state index contributed by atoms with van der Waals surface area (Å²) < 4.78 is 10.4. The first-order valence-corrected chi connectivity index (χ1v) is 7.78. The van der Waals surface area contributed by atoms with Crippen molar-refractivity contribution in [2.24, 2.45) is 10.9 Å².